The highest BCUT2D eigenvalue weighted by Gasteiger charge is 2.60. The zero-order valence-electron chi connectivity index (χ0n) is 25.3. The Labute approximate surface area is 278 Å². The first-order valence-corrected chi connectivity index (χ1v) is 15.5. The topological polar surface area (TPSA) is 165 Å². The number of carbonyl (C=O) groups is 2. The minimum Gasteiger partial charge on any atom is -0.465 e. The molecule has 248 valence electrons. The van der Waals surface area contributed by atoms with Crippen LogP contribution < -0.4 is 5.32 Å². The van der Waals surface area contributed by atoms with Gasteiger partial charge in [0.05, 0.1) is 46.2 Å². The van der Waals surface area contributed by atoms with E-state index in [2.05, 4.69) is 5.32 Å². The molecule has 1 unspecified atom stereocenters. The van der Waals surface area contributed by atoms with Crippen molar-refractivity contribution in [3.8, 4) is 0 Å². The molecule has 2 N–H and O–H groups in total. The lowest BCUT2D eigenvalue weighted by Crippen LogP contribution is -2.47. The molecular weight excluding hydrogens is 658 g/mol. The van der Waals surface area contributed by atoms with E-state index >= 15 is 4.39 Å². The minimum absolute atomic E-state index is 0.0743. The third-order valence-electron chi connectivity index (χ3n) is 8.83. The first-order chi connectivity index (χ1) is 22.3. The number of rotatable bonds is 11. The first-order valence-electron chi connectivity index (χ1n) is 14.8. The highest BCUT2D eigenvalue weighted by atomic mass is 35.5. The molecule has 0 bridgehead atoms. The fourth-order valence-electron chi connectivity index (χ4n) is 6.40. The smallest absolute Gasteiger partial charge is 0.337 e. The molecule has 0 radical (unpaired) electrons. The fraction of sp³-hybridized carbons (Fsp3) is 0.375. The van der Waals surface area contributed by atoms with Gasteiger partial charge in [0.25, 0.3) is 5.69 Å². The van der Waals surface area contributed by atoms with Crippen LogP contribution in [0.1, 0.15) is 58.3 Å². The van der Waals surface area contributed by atoms with Gasteiger partial charge in [-0.05, 0) is 68.0 Å². The van der Waals surface area contributed by atoms with Gasteiger partial charge in [-0.3, -0.25) is 29.9 Å². The van der Waals surface area contributed by atoms with E-state index in [1.54, 1.807) is 24.0 Å². The summed E-state index contributed by atoms with van der Waals surface area (Å²) in [5.41, 5.74) is 0.00837. The Hall–Kier alpha value is -4.17. The van der Waals surface area contributed by atoms with Crippen molar-refractivity contribution in [2.75, 3.05) is 19.0 Å². The average molecular weight is 690 g/mol. The SMILES string of the molecule is COC(=O)c1ccc([N+](=O)[O-])c(C(O)C[C@H]2[C@@H]([N+](=O)[O-])[C@H](c3cccc(Cl)c3F)[C@H](C(=O)Nc3cc(Cl)ccc3C)N2CC2CC2)c1. The number of hydrogen-bond donors (Lipinski definition) is 2. The van der Waals surface area contributed by atoms with Crippen LogP contribution in [0.2, 0.25) is 10.0 Å². The number of nitrogens with one attached hydrogen (secondary N) is 1. The third kappa shape index (κ3) is 7.08. The summed E-state index contributed by atoms with van der Waals surface area (Å²) in [6, 6.07) is 8.07. The van der Waals surface area contributed by atoms with Gasteiger partial charge in [-0.2, -0.15) is 0 Å². The highest BCUT2D eigenvalue weighted by molar-refractivity contribution is 6.31. The molecule has 0 aromatic heterocycles. The Balaban J connectivity index is 1.64. The maximum atomic E-state index is 15.7. The maximum Gasteiger partial charge on any atom is 0.337 e. The van der Waals surface area contributed by atoms with Gasteiger partial charge in [-0.15, -0.1) is 0 Å². The normalized spacial score (nSPS) is 21.7. The molecule has 12 nitrogen and oxygen atoms in total. The maximum absolute atomic E-state index is 15.7. The summed E-state index contributed by atoms with van der Waals surface area (Å²) in [7, 11) is 1.13. The molecular formula is C32H31Cl2FN4O8. The number of hydrogen-bond acceptors (Lipinski definition) is 9. The van der Waals surface area contributed by atoms with Crippen LogP contribution in [0.3, 0.4) is 0 Å². The van der Waals surface area contributed by atoms with Crippen LogP contribution >= 0.6 is 23.2 Å². The summed E-state index contributed by atoms with van der Waals surface area (Å²) in [4.78, 5) is 51.6. The van der Waals surface area contributed by atoms with Gasteiger partial charge < -0.3 is 15.2 Å². The number of aliphatic hydroxyl groups is 1. The lowest BCUT2D eigenvalue weighted by atomic mass is 9.84. The van der Waals surface area contributed by atoms with Gasteiger partial charge in [0.2, 0.25) is 11.9 Å². The van der Waals surface area contributed by atoms with Crippen LogP contribution in [0.25, 0.3) is 0 Å². The molecule has 3 aromatic rings. The van der Waals surface area contributed by atoms with Gasteiger partial charge in [-0.1, -0.05) is 41.4 Å². The lowest BCUT2D eigenvalue weighted by molar-refractivity contribution is -0.528. The van der Waals surface area contributed by atoms with Crippen molar-refractivity contribution in [3.63, 3.8) is 0 Å². The number of esters is 1. The molecule has 1 heterocycles. The molecule has 1 saturated carbocycles. The first kappa shape index (κ1) is 34.2. The molecule has 1 aliphatic heterocycles. The van der Waals surface area contributed by atoms with Crippen molar-refractivity contribution in [3.05, 3.63) is 113 Å². The summed E-state index contributed by atoms with van der Waals surface area (Å²) in [5.74, 6) is -3.70. The molecule has 1 saturated heterocycles. The van der Waals surface area contributed by atoms with Crippen LogP contribution in [0.5, 0.6) is 0 Å². The number of carbonyl (C=O) groups excluding carboxylic acids is 2. The number of ether oxygens (including phenoxy) is 1. The number of nitro groups is 2. The van der Waals surface area contributed by atoms with Gasteiger partial charge in [-0.25, -0.2) is 9.18 Å². The van der Waals surface area contributed by atoms with Gasteiger partial charge in [0.15, 0.2) is 0 Å². The van der Waals surface area contributed by atoms with Crippen molar-refractivity contribution < 1.29 is 33.7 Å². The van der Waals surface area contributed by atoms with E-state index in [9.17, 15) is 34.9 Å². The Morgan fingerprint density at radius 1 is 1.13 bits per heavy atom. The second kappa shape index (κ2) is 13.9. The Morgan fingerprint density at radius 3 is 2.49 bits per heavy atom. The Morgan fingerprint density at radius 2 is 1.85 bits per heavy atom. The minimum atomic E-state index is -1.70. The Kier molecular flexibility index (Phi) is 10.1. The monoisotopic (exact) mass is 688 g/mol. The predicted octanol–water partition coefficient (Wildman–Crippen LogP) is 6.09. The summed E-state index contributed by atoms with van der Waals surface area (Å²) in [6.45, 7) is 1.95. The van der Waals surface area contributed by atoms with Gasteiger partial charge in [0.1, 0.15) is 11.9 Å². The second-order valence-corrected chi connectivity index (χ2v) is 12.7. The van der Waals surface area contributed by atoms with E-state index in [0.717, 1.165) is 32.1 Å². The number of benzene rings is 3. The molecule has 3 aromatic carbocycles. The van der Waals surface area contributed by atoms with E-state index in [1.807, 2.05) is 0 Å². The van der Waals surface area contributed by atoms with Crippen molar-refractivity contribution in [1.29, 1.82) is 0 Å². The third-order valence-corrected chi connectivity index (χ3v) is 9.36. The van der Waals surface area contributed by atoms with Crippen molar-refractivity contribution >= 4 is 46.5 Å². The number of likely N-dealkylation sites (tertiary alicyclic amines) is 1. The molecule has 2 fully saturated rings. The highest BCUT2D eigenvalue weighted by Crippen LogP contribution is 2.47. The van der Waals surface area contributed by atoms with Crippen LogP contribution in [-0.2, 0) is 9.53 Å². The van der Waals surface area contributed by atoms with Gasteiger partial charge in [0, 0.05) is 33.8 Å². The van der Waals surface area contributed by atoms with E-state index in [1.165, 1.54) is 30.3 Å². The van der Waals surface area contributed by atoms with Crippen LogP contribution in [0, 0.1) is 38.9 Å². The van der Waals surface area contributed by atoms with Crippen molar-refractivity contribution in [1.82, 2.24) is 4.90 Å². The lowest BCUT2D eigenvalue weighted by Gasteiger charge is -2.31. The largest absolute Gasteiger partial charge is 0.465 e. The standard InChI is InChI=1S/C32H31Cl2FN4O8/c1-16-6-10-19(33)13-23(16)36-31(41)30-27(20-4-3-5-22(34)28(20)35)29(39(45)46)25(37(30)15-17-7-8-17)14-26(40)21-12-18(32(42)47-2)9-11-24(21)38(43)44/h3-6,9-13,17,25-27,29-30,40H,7-8,14-15H2,1-2H3,(H,36,41)/t25-,26?,27-,29+,30+/m0/s1. The molecule has 1 aliphatic carbocycles. The number of halogens is 3. The average Bonchev–Trinajstić information content (AvgIpc) is 3.80. The zero-order valence-corrected chi connectivity index (χ0v) is 26.8. The van der Waals surface area contributed by atoms with Gasteiger partial charge >= 0.3 is 5.97 Å². The number of nitrogens with zero attached hydrogens (tertiary/aromatic N) is 3. The molecule has 15 heteroatoms. The molecule has 47 heavy (non-hydrogen) atoms. The number of nitro benzene ring substituents is 1. The van der Waals surface area contributed by atoms with Crippen LogP contribution in [-0.4, -0.2) is 63.5 Å². The molecule has 5 atom stereocenters. The quantitative estimate of drug-likeness (QED) is 0.138. The summed E-state index contributed by atoms with van der Waals surface area (Å²) in [5, 5.41) is 39.3. The number of amides is 1. The molecule has 0 spiro atoms. The van der Waals surface area contributed by atoms with Crippen LogP contribution in [0.4, 0.5) is 15.8 Å². The van der Waals surface area contributed by atoms with Crippen molar-refractivity contribution in [2.24, 2.45) is 5.92 Å². The van der Waals surface area contributed by atoms with E-state index < -0.39 is 69.8 Å². The Bertz CT molecular complexity index is 1740. The number of methoxy groups -OCH3 is 1. The molecule has 1 amide bonds. The fourth-order valence-corrected chi connectivity index (χ4v) is 6.75. The summed E-state index contributed by atoms with van der Waals surface area (Å²) in [6.07, 6.45) is -0.572. The number of aryl methyl sites for hydroxylation is 1. The van der Waals surface area contributed by atoms with E-state index in [-0.39, 0.29) is 34.2 Å². The van der Waals surface area contributed by atoms with E-state index in [4.69, 9.17) is 27.9 Å². The number of anilines is 1. The van der Waals surface area contributed by atoms with Crippen molar-refractivity contribution in [2.45, 2.75) is 56.3 Å². The molecule has 5 rings (SSSR count). The summed E-state index contributed by atoms with van der Waals surface area (Å²) >= 11 is 12.3. The molecule has 2 aliphatic rings. The van der Waals surface area contributed by atoms with Crippen LogP contribution in [0.15, 0.2) is 54.6 Å². The summed E-state index contributed by atoms with van der Waals surface area (Å²) < 4.78 is 20.5. The predicted molar refractivity (Wildman–Crippen MR) is 171 cm³/mol. The second-order valence-electron chi connectivity index (χ2n) is 11.8. The number of aliphatic hydroxyl groups excluding tert-OH is 1. The zero-order chi connectivity index (χ0) is 34.2. The van der Waals surface area contributed by atoms with E-state index in [0.29, 0.717) is 16.3 Å².